The maximum absolute atomic E-state index is 13.3. The van der Waals surface area contributed by atoms with Crippen LogP contribution in [0.25, 0.3) is 11.0 Å². The predicted octanol–water partition coefficient (Wildman–Crippen LogP) is 4.56. The van der Waals surface area contributed by atoms with Crippen LogP contribution in [0.5, 0.6) is 0 Å². The van der Waals surface area contributed by atoms with E-state index >= 15 is 0 Å². The molecule has 178 valence electrons. The molecule has 0 radical (unpaired) electrons. The van der Waals surface area contributed by atoms with E-state index in [0.29, 0.717) is 18.2 Å². The molecule has 4 rings (SSSR count). The number of fused-ring (bicyclic) bond motifs is 1. The number of hydrogen-bond acceptors (Lipinski definition) is 5. The van der Waals surface area contributed by atoms with E-state index in [1.165, 1.54) is 4.31 Å². The molecule has 0 N–H and O–H groups in total. The van der Waals surface area contributed by atoms with Gasteiger partial charge in [-0.25, -0.2) is 13.4 Å². The number of rotatable bonds is 8. The van der Waals surface area contributed by atoms with Crippen LogP contribution in [-0.4, -0.2) is 44.8 Å². The molecule has 2 heterocycles. The molecule has 0 bridgehead atoms. The zero-order valence-corrected chi connectivity index (χ0v) is 20.6. The number of aromatic nitrogens is 2. The summed E-state index contributed by atoms with van der Waals surface area (Å²) in [4.78, 5) is 5.21. The second-order valence-electron chi connectivity index (χ2n) is 8.97. The largest absolute Gasteiger partial charge is 0.381 e. The van der Waals surface area contributed by atoms with Crippen LogP contribution in [0.15, 0.2) is 53.4 Å². The quantitative estimate of drug-likeness (QED) is 0.482. The summed E-state index contributed by atoms with van der Waals surface area (Å²) in [6.45, 7) is 8.58. The van der Waals surface area contributed by atoms with Crippen molar-refractivity contribution in [2.75, 3.05) is 31.2 Å². The standard InChI is InChI=1S/C25H33N3O4S/c1-5-28(33(29,30)21-9-7-6-8-10-21)20-11-12-23-22(17-20)26-24(25(2,3)31-4)27(23)18-19-13-15-32-16-14-19/h6-12,17,19H,5,13-16,18H2,1-4H3. The third-order valence-electron chi connectivity index (χ3n) is 6.47. The topological polar surface area (TPSA) is 73.7 Å². The first-order chi connectivity index (χ1) is 15.8. The van der Waals surface area contributed by atoms with Crippen LogP contribution >= 0.6 is 0 Å². The van der Waals surface area contributed by atoms with E-state index in [0.717, 1.165) is 49.5 Å². The van der Waals surface area contributed by atoms with Gasteiger partial charge in [-0.2, -0.15) is 0 Å². The van der Waals surface area contributed by atoms with Gasteiger partial charge in [-0.3, -0.25) is 4.31 Å². The Morgan fingerprint density at radius 1 is 1.15 bits per heavy atom. The van der Waals surface area contributed by atoms with E-state index in [4.69, 9.17) is 14.5 Å². The van der Waals surface area contributed by atoms with Gasteiger partial charge < -0.3 is 14.0 Å². The Kier molecular flexibility index (Phi) is 6.79. The number of methoxy groups -OCH3 is 1. The summed E-state index contributed by atoms with van der Waals surface area (Å²) in [5, 5.41) is 0. The van der Waals surface area contributed by atoms with Crippen LogP contribution < -0.4 is 4.31 Å². The maximum atomic E-state index is 13.3. The SMILES string of the molecule is CCN(c1ccc2c(c1)nc(C(C)(C)OC)n2CC1CCOCC1)S(=O)(=O)c1ccccc1. The molecule has 0 amide bonds. The highest BCUT2D eigenvalue weighted by molar-refractivity contribution is 7.92. The van der Waals surface area contributed by atoms with Crippen molar-refractivity contribution >= 4 is 26.7 Å². The zero-order valence-electron chi connectivity index (χ0n) is 19.8. The molecular weight excluding hydrogens is 438 g/mol. The van der Waals surface area contributed by atoms with Crippen molar-refractivity contribution in [1.82, 2.24) is 9.55 Å². The second-order valence-corrected chi connectivity index (χ2v) is 10.8. The molecule has 2 aromatic carbocycles. The van der Waals surface area contributed by atoms with Gasteiger partial charge in [0, 0.05) is 33.4 Å². The highest BCUT2D eigenvalue weighted by Gasteiger charge is 2.30. The summed E-state index contributed by atoms with van der Waals surface area (Å²) in [6, 6.07) is 14.3. The fourth-order valence-electron chi connectivity index (χ4n) is 4.41. The van der Waals surface area contributed by atoms with Crippen molar-refractivity contribution in [3.8, 4) is 0 Å². The smallest absolute Gasteiger partial charge is 0.264 e. The molecular formula is C25H33N3O4S. The number of ether oxygens (including phenoxy) is 2. The van der Waals surface area contributed by atoms with Gasteiger partial charge in [-0.05, 0) is 69.9 Å². The number of imidazole rings is 1. The van der Waals surface area contributed by atoms with E-state index in [1.54, 1.807) is 31.4 Å². The fourth-order valence-corrected chi connectivity index (χ4v) is 5.89. The van der Waals surface area contributed by atoms with E-state index in [9.17, 15) is 8.42 Å². The molecule has 1 saturated heterocycles. The Morgan fingerprint density at radius 2 is 1.85 bits per heavy atom. The van der Waals surface area contributed by atoms with E-state index in [-0.39, 0.29) is 4.90 Å². The van der Waals surface area contributed by atoms with Crippen molar-refractivity contribution in [1.29, 1.82) is 0 Å². The summed E-state index contributed by atoms with van der Waals surface area (Å²) < 4.78 is 41.6. The lowest BCUT2D eigenvalue weighted by molar-refractivity contribution is 0.00684. The lowest BCUT2D eigenvalue weighted by atomic mass is 9.99. The summed E-state index contributed by atoms with van der Waals surface area (Å²) in [6.07, 6.45) is 2.03. The van der Waals surface area contributed by atoms with Crippen LogP contribution in [0.1, 0.15) is 39.4 Å². The summed E-state index contributed by atoms with van der Waals surface area (Å²) in [5.74, 6) is 1.35. The van der Waals surface area contributed by atoms with Crippen molar-refractivity contribution in [3.63, 3.8) is 0 Å². The number of sulfonamides is 1. The Morgan fingerprint density at radius 3 is 2.48 bits per heavy atom. The van der Waals surface area contributed by atoms with Gasteiger partial charge in [0.1, 0.15) is 11.4 Å². The lowest BCUT2D eigenvalue weighted by Gasteiger charge is -2.27. The summed E-state index contributed by atoms with van der Waals surface area (Å²) >= 11 is 0. The average molecular weight is 472 g/mol. The van der Waals surface area contributed by atoms with Gasteiger partial charge in [0.05, 0.1) is 21.6 Å². The molecule has 1 aliphatic rings. The fraction of sp³-hybridized carbons (Fsp3) is 0.480. The van der Waals surface area contributed by atoms with Crippen molar-refractivity contribution < 1.29 is 17.9 Å². The molecule has 8 heteroatoms. The van der Waals surface area contributed by atoms with E-state index in [1.807, 2.05) is 45.0 Å². The molecule has 33 heavy (non-hydrogen) atoms. The van der Waals surface area contributed by atoms with Gasteiger partial charge in [0.2, 0.25) is 0 Å². The number of nitrogens with zero attached hydrogens (tertiary/aromatic N) is 3. The monoisotopic (exact) mass is 471 g/mol. The summed E-state index contributed by atoms with van der Waals surface area (Å²) in [5.41, 5.74) is 1.77. The van der Waals surface area contributed by atoms with E-state index < -0.39 is 15.6 Å². The molecule has 0 saturated carbocycles. The van der Waals surface area contributed by atoms with Gasteiger partial charge in [-0.15, -0.1) is 0 Å². The second kappa shape index (κ2) is 9.44. The molecule has 0 unspecified atom stereocenters. The van der Waals surface area contributed by atoms with Crippen LogP contribution in [0.4, 0.5) is 5.69 Å². The highest BCUT2D eigenvalue weighted by Crippen LogP contribution is 2.33. The minimum absolute atomic E-state index is 0.276. The average Bonchev–Trinajstić information content (AvgIpc) is 3.19. The van der Waals surface area contributed by atoms with Crippen LogP contribution in [0.2, 0.25) is 0 Å². The number of hydrogen-bond donors (Lipinski definition) is 0. The van der Waals surface area contributed by atoms with Crippen LogP contribution in [0, 0.1) is 5.92 Å². The summed E-state index contributed by atoms with van der Waals surface area (Å²) in [7, 11) is -1.98. The van der Waals surface area contributed by atoms with E-state index in [2.05, 4.69) is 4.57 Å². The zero-order chi connectivity index (χ0) is 23.6. The van der Waals surface area contributed by atoms with Gasteiger partial charge >= 0.3 is 0 Å². The molecule has 1 aromatic heterocycles. The molecule has 3 aromatic rings. The maximum Gasteiger partial charge on any atom is 0.264 e. The molecule has 0 spiro atoms. The minimum atomic E-state index is -3.67. The first kappa shape index (κ1) is 23.7. The minimum Gasteiger partial charge on any atom is -0.381 e. The molecule has 0 atom stereocenters. The van der Waals surface area contributed by atoms with Gasteiger partial charge in [-0.1, -0.05) is 18.2 Å². The van der Waals surface area contributed by atoms with Crippen LogP contribution in [-0.2, 0) is 31.6 Å². The third kappa shape index (κ3) is 4.65. The Balaban J connectivity index is 1.78. The van der Waals surface area contributed by atoms with Gasteiger partial charge in [0.15, 0.2) is 0 Å². The first-order valence-corrected chi connectivity index (χ1v) is 12.9. The first-order valence-electron chi connectivity index (χ1n) is 11.5. The normalized spacial score (nSPS) is 15.8. The Labute approximate surface area is 196 Å². The van der Waals surface area contributed by atoms with Crippen LogP contribution in [0.3, 0.4) is 0 Å². The Bertz CT molecular complexity index is 1200. The highest BCUT2D eigenvalue weighted by atomic mass is 32.2. The molecule has 7 nitrogen and oxygen atoms in total. The molecule has 1 aliphatic heterocycles. The number of anilines is 1. The predicted molar refractivity (Wildman–Crippen MR) is 130 cm³/mol. The lowest BCUT2D eigenvalue weighted by Crippen LogP contribution is -2.30. The third-order valence-corrected chi connectivity index (χ3v) is 8.39. The van der Waals surface area contributed by atoms with Crippen molar-refractivity contribution in [2.45, 2.75) is 50.7 Å². The number of benzene rings is 2. The van der Waals surface area contributed by atoms with Crippen molar-refractivity contribution in [3.05, 3.63) is 54.4 Å². The molecule has 0 aliphatic carbocycles. The van der Waals surface area contributed by atoms with Gasteiger partial charge in [0.25, 0.3) is 10.0 Å². The molecule has 1 fully saturated rings. The van der Waals surface area contributed by atoms with Crippen molar-refractivity contribution in [2.24, 2.45) is 5.92 Å². The Hall–Kier alpha value is -2.42.